The lowest BCUT2D eigenvalue weighted by atomic mass is 10.2. The van der Waals surface area contributed by atoms with E-state index >= 15 is 0 Å². The van der Waals surface area contributed by atoms with Gasteiger partial charge in [-0.25, -0.2) is 4.39 Å². The largest absolute Gasteiger partial charge is 0.416 e. The molecule has 26 heavy (non-hydrogen) atoms. The Hall–Kier alpha value is -1.11. The number of carbonyl (C=O) groups is 1. The molecule has 2 aromatic rings. The topological polar surface area (TPSA) is 45.8 Å². The highest BCUT2D eigenvalue weighted by Crippen LogP contribution is 2.66. The van der Waals surface area contributed by atoms with E-state index < -0.39 is 36.2 Å². The van der Waals surface area contributed by atoms with Crippen molar-refractivity contribution < 1.29 is 22.4 Å². The van der Waals surface area contributed by atoms with Gasteiger partial charge in [0.15, 0.2) is 6.29 Å². The summed E-state index contributed by atoms with van der Waals surface area (Å²) in [4.78, 5) is 11.3. The minimum atomic E-state index is -4.70. The summed E-state index contributed by atoms with van der Waals surface area (Å²) in [7, 11) is 8.70. The van der Waals surface area contributed by atoms with Gasteiger partial charge in [-0.15, -0.1) is 0 Å². The van der Waals surface area contributed by atoms with Crippen molar-refractivity contribution in [3.05, 3.63) is 45.2 Å². The number of alkyl halides is 4. The van der Waals surface area contributed by atoms with Gasteiger partial charge < -0.3 is 4.57 Å². The van der Waals surface area contributed by atoms with Crippen LogP contribution in [0.4, 0.5) is 17.6 Å². The van der Waals surface area contributed by atoms with Crippen molar-refractivity contribution in [3.63, 3.8) is 0 Å². The summed E-state index contributed by atoms with van der Waals surface area (Å²) in [5.41, 5.74) is -1.94. The molecule has 2 rings (SSSR count). The number of rotatable bonds is 4. The van der Waals surface area contributed by atoms with E-state index in [-0.39, 0.29) is 28.1 Å². The molecule has 0 atom stereocenters. The van der Waals surface area contributed by atoms with Crippen molar-refractivity contribution in [2.24, 2.45) is 0 Å². The Bertz CT molecular complexity index is 898. The van der Waals surface area contributed by atoms with Crippen molar-refractivity contribution in [1.29, 1.82) is 5.26 Å². The molecule has 0 aliphatic rings. The molecule has 0 N–H and O–H groups in total. The van der Waals surface area contributed by atoms with Crippen LogP contribution in [0.25, 0.3) is 5.69 Å². The van der Waals surface area contributed by atoms with Crippen LogP contribution in [0.1, 0.15) is 21.6 Å². The van der Waals surface area contributed by atoms with Crippen LogP contribution in [0.15, 0.2) is 23.2 Å². The lowest BCUT2D eigenvalue weighted by molar-refractivity contribution is -0.137. The van der Waals surface area contributed by atoms with Crippen LogP contribution >= 0.6 is 53.0 Å². The van der Waals surface area contributed by atoms with E-state index in [1.54, 1.807) is 6.07 Å². The number of carbonyl (C=O) groups excluding carboxylic acids is 1. The van der Waals surface area contributed by atoms with Gasteiger partial charge in [-0.2, -0.15) is 18.4 Å². The molecule has 12 heteroatoms. The molecule has 0 spiro atoms. The monoisotopic (exact) mass is 466 g/mol. The van der Waals surface area contributed by atoms with Gasteiger partial charge in [-0.1, -0.05) is 23.2 Å². The average Bonchev–Trinajstić information content (AvgIpc) is 2.92. The molecule has 0 fully saturated rings. The minimum absolute atomic E-state index is 0.167. The standard InChI is InChI=1S/C14H6Cl4F4N2OS/c15-9-1-7(14(20,21)22)2-10(16)13(9)24-4-12(26(17,18)6-19)8(3-23)11(24)5-25/h1-2,4-5H,6H2. The molecule has 0 aliphatic carbocycles. The lowest BCUT2D eigenvalue weighted by Crippen LogP contribution is -2.07. The molecule has 1 aromatic heterocycles. The van der Waals surface area contributed by atoms with E-state index in [9.17, 15) is 27.6 Å². The van der Waals surface area contributed by atoms with E-state index in [2.05, 4.69) is 0 Å². The van der Waals surface area contributed by atoms with E-state index in [1.807, 2.05) is 0 Å². The van der Waals surface area contributed by atoms with Gasteiger partial charge in [0.25, 0.3) is 0 Å². The van der Waals surface area contributed by atoms with Crippen LogP contribution in [-0.4, -0.2) is 16.9 Å². The van der Waals surface area contributed by atoms with E-state index in [1.165, 1.54) is 0 Å². The molecule has 3 nitrogen and oxygen atoms in total. The van der Waals surface area contributed by atoms with Crippen LogP contribution in [-0.2, 0) is 6.18 Å². The number of benzene rings is 1. The Labute approximate surface area is 165 Å². The zero-order valence-electron chi connectivity index (χ0n) is 12.3. The first kappa shape index (κ1) is 21.2. The number of nitrogens with zero attached hydrogens (tertiary/aromatic N) is 2. The fourth-order valence-corrected chi connectivity index (χ4v) is 4.35. The van der Waals surface area contributed by atoms with Crippen molar-refractivity contribution in [3.8, 4) is 11.8 Å². The maximum atomic E-state index is 13.2. The van der Waals surface area contributed by atoms with Crippen LogP contribution in [0.2, 0.25) is 10.0 Å². The van der Waals surface area contributed by atoms with Gasteiger partial charge in [0, 0.05) is 6.20 Å². The zero-order valence-corrected chi connectivity index (χ0v) is 16.1. The Kier molecular flexibility index (Phi) is 6.10. The number of halogens is 8. The van der Waals surface area contributed by atoms with Crippen molar-refractivity contribution in [2.45, 2.75) is 11.1 Å². The fraction of sp³-hybridized carbons (Fsp3) is 0.143. The molecule has 1 heterocycles. The predicted molar refractivity (Wildman–Crippen MR) is 94.4 cm³/mol. The van der Waals surface area contributed by atoms with Crippen LogP contribution in [0.3, 0.4) is 0 Å². The van der Waals surface area contributed by atoms with Gasteiger partial charge in [-0.05, 0) is 42.0 Å². The first-order valence-electron chi connectivity index (χ1n) is 6.41. The first-order valence-corrected chi connectivity index (χ1v) is 10.6. The molecule has 0 bridgehead atoms. The molecule has 0 aliphatic heterocycles. The number of aromatic nitrogens is 1. The summed E-state index contributed by atoms with van der Waals surface area (Å²) in [6.07, 6.45) is -3.38. The molecular weight excluding hydrogens is 462 g/mol. The molecule has 140 valence electrons. The SMILES string of the molecule is N#Cc1c(S(Cl)(Cl)CF)cn(-c2c(Cl)cc(C(F)(F)F)cc2Cl)c1C=O. The van der Waals surface area contributed by atoms with Crippen molar-refractivity contribution in [1.82, 2.24) is 4.57 Å². The molecular formula is C14H6Cl4F4N2OS. The highest BCUT2D eigenvalue weighted by atomic mass is 36.0. The Morgan fingerprint density at radius 3 is 2.15 bits per heavy atom. The summed E-state index contributed by atoms with van der Waals surface area (Å²) in [5.74, 6) is 0. The maximum absolute atomic E-state index is 13.2. The lowest BCUT2D eigenvalue weighted by Gasteiger charge is -2.19. The molecule has 1 aromatic carbocycles. The van der Waals surface area contributed by atoms with E-state index in [0.717, 1.165) is 10.8 Å². The summed E-state index contributed by atoms with van der Waals surface area (Å²) in [6.45, 7) is 0. The van der Waals surface area contributed by atoms with Crippen molar-refractivity contribution in [2.75, 3.05) is 6.01 Å². The third-order valence-corrected chi connectivity index (χ3v) is 6.57. The van der Waals surface area contributed by atoms with E-state index in [0.29, 0.717) is 12.1 Å². The molecule has 0 saturated carbocycles. The molecule has 0 radical (unpaired) electrons. The first-order chi connectivity index (χ1) is 12.0. The van der Waals surface area contributed by atoms with Gasteiger partial charge in [0.1, 0.15) is 17.8 Å². The minimum Gasteiger partial charge on any atom is -0.309 e. The Morgan fingerprint density at radius 2 is 1.77 bits per heavy atom. The molecule has 0 amide bonds. The average molecular weight is 468 g/mol. The Balaban J connectivity index is 2.82. The third kappa shape index (κ3) is 3.78. The van der Waals surface area contributed by atoms with Crippen LogP contribution in [0, 0.1) is 11.3 Å². The summed E-state index contributed by atoms with van der Waals surface area (Å²) < 4.78 is 52.7. The summed E-state index contributed by atoms with van der Waals surface area (Å²) in [6, 6.07) is 1.70. The Morgan fingerprint density at radius 1 is 1.23 bits per heavy atom. The van der Waals surface area contributed by atoms with Gasteiger partial charge in [0.2, 0.25) is 0 Å². The second-order valence-corrected chi connectivity index (χ2v) is 11.1. The number of aldehydes is 1. The van der Waals surface area contributed by atoms with Crippen molar-refractivity contribution >= 4 is 59.3 Å². The molecule has 0 saturated heterocycles. The summed E-state index contributed by atoms with van der Waals surface area (Å²) in [5, 5.41) is 8.39. The number of nitriles is 1. The predicted octanol–water partition coefficient (Wildman–Crippen LogP) is 6.89. The second kappa shape index (κ2) is 7.49. The highest BCUT2D eigenvalue weighted by molar-refractivity contribution is 8.65. The van der Waals surface area contributed by atoms with Crippen LogP contribution < -0.4 is 0 Å². The normalized spacial score (nSPS) is 12.7. The zero-order chi connectivity index (χ0) is 19.9. The second-order valence-electron chi connectivity index (χ2n) is 4.82. The quantitative estimate of drug-likeness (QED) is 0.363. The van der Waals surface area contributed by atoms with Gasteiger partial charge in [0.05, 0.1) is 31.8 Å². The fourth-order valence-electron chi connectivity index (χ4n) is 2.16. The molecule has 0 unspecified atom stereocenters. The van der Waals surface area contributed by atoms with Gasteiger partial charge >= 0.3 is 6.18 Å². The number of hydrogen-bond donors (Lipinski definition) is 0. The number of hydrogen-bond acceptors (Lipinski definition) is 2. The third-order valence-electron chi connectivity index (χ3n) is 3.28. The maximum Gasteiger partial charge on any atom is 0.416 e. The summed E-state index contributed by atoms with van der Waals surface area (Å²) >= 11 is 11.8. The highest BCUT2D eigenvalue weighted by Gasteiger charge is 2.34. The van der Waals surface area contributed by atoms with E-state index in [4.69, 9.17) is 44.6 Å². The smallest absolute Gasteiger partial charge is 0.309 e. The van der Waals surface area contributed by atoms with Crippen LogP contribution in [0.5, 0.6) is 0 Å². The van der Waals surface area contributed by atoms with Gasteiger partial charge in [-0.3, -0.25) is 4.79 Å².